The van der Waals surface area contributed by atoms with E-state index in [4.69, 9.17) is 11.6 Å². The van der Waals surface area contributed by atoms with Crippen molar-refractivity contribution in [1.82, 2.24) is 10.3 Å². The molecule has 4 heteroatoms. The molecule has 13 heavy (non-hydrogen) atoms. The molecule has 0 aromatic carbocycles. The van der Waals surface area contributed by atoms with Crippen LogP contribution < -0.4 is 5.32 Å². The zero-order valence-electron chi connectivity index (χ0n) is 7.64. The minimum absolute atomic E-state index is 0.251. The normalized spacial score (nSPS) is 28.2. The Hall–Kier alpha value is -0.120. The number of nitrogens with zero attached hydrogens (tertiary/aromatic N) is 1. The summed E-state index contributed by atoms with van der Waals surface area (Å²) in [5, 5.41) is 4.65. The number of hydrogen-bond acceptors (Lipinski definition) is 3. The zero-order chi connectivity index (χ0) is 9.31. The summed E-state index contributed by atoms with van der Waals surface area (Å²) in [4.78, 5) is 4.27. The molecule has 1 aliphatic rings. The van der Waals surface area contributed by atoms with Gasteiger partial charge >= 0.3 is 0 Å². The molecule has 0 amide bonds. The molecule has 2 heterocycles. The molecule has 2 nitrogen and oxygen atoms in total. The fraction of sp³-hybridized carbons (Fsp3) is 0.667. The molecule has 72 valence electrons. The first-order chi connectivity index (χ1) is 6.18. The van der Waals surface area contributed by atoms with E-state index in [2.05, 4.69) is 17.2 Å². The highest BCUT2D eigenvalue weighted by Crippen LogP contribution is 2.27. The predicted octanol–water partition coefficient (Wildman–Crippen LogP) is 2.48. The summed E-state index contributed by atoms with van der Waals surface area (Å²) >= 11 is 7.41. The van der Waals surface area contributed by atoms with E-state index in [1.54, 1.807) is 17.5 Å². The van der Waals surface area contributed by atoms with Gasteiger partial charge in [0.15, 0.2) is 0 Å². The van der Waals surface area contributed by atoms with Crippen LogP contribution in [0.2, 0.25) is 4.34 Å². The van der Waals surface area contributed by atoms with Gasteiger partial charge in [0.05, 0.1) is 11.2 Å². The van der Waals surface area contributed by atoms with Gasteiger partial charge in [-0.1, -0.05) is 11.6 Å². The lowest BCUT2D eigenvalue weighted by Gasteiger charge is -2.22. The second-order valence-electron chi connectivity index (χ2n) is 3.83. The molecule has 1 aromatic heterocycles. The van der Waals surface area contributed by atoms with Crippen LogP contribution >= 0.6 is 22.9 Å². The van der Waals surface area contributed by atoms with Crippen molar-refractivity contribution in [2.45, 2.75) is 31.7 Å². The maximum absolute atomic E-state index is 5.83. The number of rotatable bonds is 2. The second kappa shape index (κ2) is 3.56. The van der Waals surface area contributed by atoms with Gasteiger partial charge in [0.1, 0.15) is 4.34 Å². The third-order valence-corrected chi connectivity index (χ3v) is 3.64. The number of hydrogen-bond donors (Lipinski definition) is 1. The lowest BCUT2D eigenvalue weighted by molar-refractivity contribution is 0.412. The first kappa shape index (κ1) is 9.44. The number of nitrogens with one attached hydrogen (secondary N) is 1. The van der Waals surface area contributed by atoms with Crippen LogP contribution in [-0.4, -0.2) is 17.1 Å². The minimum atomic E-state index is 0.251. The Labute approximate surface area is 87.3 Å². The van der Waals surface area contributed by atoms with Gasteiger partial charge in [-0.2, -0.15) is 0 Å². The minimum Gasteiger partial charge on any atom is -0.311 e. The van der Waals surface area contributed by atoms with Crippen molar-refractivity contribution in [3.8, 4) is 0 Å². The lowest BCUT2D eigenvalue weighted by atomic mass is 9.97. The largest absolute Gasteiger partial charge is 0.311 e. The first-order valence-electron chi connectivity index (χ1n) is 4.53. The molecule has 1 atom stereocenters. The van der Waals surface area contributed by atoms with Crippen molar-refractivity contribution in [3.05, 3.63) is 15.5 Å². The molecule has 1 aromatic rings. The van der Waals surface area contributed by atoms with Crippen LogP contribution in [0, 0.1) is 0 Å². The highest BCUT2D eigenvalue weighted by Gasteiger charge is 2.29. The molecule has 2 rings (SSSR count). The SMILES string of the molecule is CC1(Cc2ncc(Cl)s2)CCCN1. The van der Waals surface area contributed by atoms with E-state index in [1.807, 2.05) is 0 Å². The molecule has 1 aliphatic heterocycles. The maximum Gasteiger partial charge on any atom is 0.113 e. The monoisotopic (exact) mass is 216 g/mol. The Morgan fingerprint density at radius 3 is 3.15 bits per heavy atom. The second-order valence-corrected chi connectivity index (χ2v) is 5.57. The average Bonchev–Trinajstić information content (AvgIpc) is 2.62. The molecule has 0 saturated carbocycles. The Morgan fingerprint density at radius 2 is 2.62 bits per heavy atom. The average molecular weight is 217 g/mol. The van der Waals surface area contributed by atoms with E-state index in [0.717, 1.165) is 22.3 Å². The number of halogens is 1. The van der Waals surface area contributed by atoms with Gasteiger partial charge in [-0.05, 0) is 26.3 Å². The highest BCUT2D eigenvalue weighted by atomic mass is 35.5. The van der Waals surface area contributed by atoms with E-state index < -0.39 is 0 Å². The van der Waals surface area contributed by atoms with Gasteiger partial charge in [0, 0.05) is 12.0 Å². The summed E-state index contributed by atoms with van der Waals surface area (Å²) in [6.07, 6.45) is 5.25. The third kappa shape index (κ3) is 2.22. The van der Waals surface area contributed by atoms with Crippen molar-refractivity contribution in [2.24, 2.45) is 0 Å². The predicted molar refractivity (Wildman–Crippen MR) is 56.5 cm³/mol. The summed E-state index contributed by atoms with van der Waals surface area (Å²) in [6, 6.07) is 0. The molecular weight excluding hydrogens is 204 g/mol. The molecule has 1 unspecified atom stereocenters. The molecule has 1 N–H and O–H groups in total. The zero-order valence-corrected chi connectivity index (χ0v) is 9.21. The fourth-order valence-corrected chi connectivity index (χ4v) is 2.95. The van der Waals surface area contributed by atoms with Crippen molar-refractivity contribution in [3.63, 3.8) is 0 Å². The summed E-state index contributed by atoms with van der Waals surface area (Å²) in [5.41, 5.74) is 0.251. The summed E-state index contributed by atoms with van der Waals surface area (Å²) in [7, 11) is 0. The number of thiazole rings is 1. The van der Waals surface area contributed by atoms with Crippen LogP contribution in [0.15, 0.2) is 6.20 Å². The molecule has 0 bridgehead atoms. The molecule has 0 radical (unpaired) electrons. The van der Waals surface area contributed by atoms with E-state index >= 15 is 0 Å². The Bertz CT molecular complexity index is 292. The summed E-state index contributed by atoms with van der Waals surface area (Å²) in [6.45, 7) is 3.39. The van der Waals surface area contributed by atoms with E-state index in [-0.39, 0.29) is 5.54 Å². The van der Waals surface area contributed by atoms with Gasteiger partial charge < -0.3 is 5.32 Å². The smallest absolute Gasteiger partial charge is 0.113 e. The third-order valence-electron chi connectivity index (χ3n) is 2.52. The van der Waals surface area contributed by atoms with Gasteiger partial charge in [-0.15, -0.1) is 11.3 Å². The summed E-state index contributed by atoms with van der Waals surface area (Å²) < 4.78 is 0.789. The van der Waals surface area contributed by atoms with Gasteiger partial charge in [-0.25, -0.2) is 4.98 Å². The fourth-order valence-electron chi connectivity index (χ4n) is 1.81. The van der Waals surface area contributed by atoms with Crippen molar-refractivity contribution in [1.29, 1.82) is 0 Å². The Morgan fingerprint density at radius 1 is 1.77 bits per heavy atom. The van der Waals surface area contributed by atoms with E-state index in [1.165, 1.54) is 12.8 Å². The van der Waals surface area contributed by atoms with E-state index in [9.17, 15) is 0 Å². The topological polar surface area (TPSA) is 24.9 Å². The molecule has 0 spiro atoms. The number of aromatic nitrogens is 1. The van der Waals surface area contributed by atoms with Gasteiger partial charge in [0.25, 0.3) is 0 Å². The lowest BCUT2D eigenvalue weighted by Crippen LogP contribution is -2.38. The van der Waals surface area contributed by atoms with E-state index in [0.29, 0.717) is 0 Å². The molecular formula is C9H13ClN2S. The van der Waals surface area contributed by atoms with Crippen molar-refractivity contribution >= 4 is 22.9 Å². The van der Waals surface area contributed by atoms with Crippen LogP contribution in [0.3, 0.4) is 0 Å². The Balaban J connectivity index is 2.04. The van der Waals surface area contributed by atoms with Crippen LogP contribution in [0.1, 0.15) is 24.8 Å². The van der Waals surface area contributed by atoms with Gasteiger partial charge in [0.2, 0.25) is 0 Å². The molecule has 0 aliphatic carbocycles. The van der Waals surface area contributed by atoms with Crippen LogP contribution in [-0.2, 0) is 6.42 Å². The summed E-state index contributed by atoms with van der Waals surface area (Å²) in [5.74, 6) is 0. The quantitative estimate of drug-likeness (QED) is 0.822. The Kier molecular flexibility index (Phi) is 2.58. The highest BCUT2D eigenvalue weighted by molar-refractivity contribution is 7.15. The maximum atomic E-state index is 5.83. The van der Waals surface area contributed by atoms with Crippen LogP contribution in [0.4, 0.5) is 0 Å². The van der Waals surface area contributed by atoms with Crippen molar-refractivity contribution < 1.29 is 0 Å². The van der Waals surface area contributed by atoms with Crippen molar-refractivity contribution in [2.75, 3.05) is 6.54 Å². The van der Waals surface area contributed by atoms with Gasteiger partial charge in [-0.3, -0.25) is 0 Å². The standard InChI is InChI=1S/C9H13ClN2S/c1-9(3-2-4-12-9)5-8-11-6-7(10)13-8/h6,12H,2-5H2,1H3. The van der Waals surface area contributed by atoms with Crippen LogP contribution in [0.25, 0.3) is 0 Å². The molecule has 1 saturated heterocycles. The first-order valence-corrected chi connectivity index (χ1v) is 5.73. The molecule has 1 fully saturated rings. The van der Waals surface area contributed by atoms with Crippen LogP contribution in [0.5, 0.6) is 0 Å².